The number of phenolic OH excluding ortho intramolecular Hbond substituents is 1. The molecule has 0 fully saturated rings. The lowest BCUT2D eigenvalue weighted by atomic mass is 10.1. The Morgan fingerprint density at radius 1 is 1.05 bits per heavy atom. The summed E-state index contributed by atoms with van der Waals surface area (Å²) in [4.78, 5) is 33.2. The highest BCUT2D eigenvalue weighted by Gasteiger charge is 2.33. The Morgan fingerprint density at radius 3 is 2.09 bits per heavy atom. The average Bonchev–Trinajstić information content (AvgIpc) is 2.47. The van der Waals surface area contributed by atoms with Gasteiger partial charge in [0.25, 0.3) is 0 Å². The molecule has 0 saturated carbocycles. The van der Waals surface area contributed by atoms with Gasteiger partial charge >= 0.3 is 17.9 Å². The number of esters is 2. The van der Waals surface area contributed by atoms with Crippen molar-refractivity contribution in [3.8, 4) is 5.75 Å². The quantitative estimate of drug-likeness (QED) is 0.298. The van der Waals surface area contributed by atoms with Gasteiger partial charge in [-0.1, -0.05) is 12.1 Å². The monoisotopic (exact) mass is 313 g/mol. The number of phenols is 1. The van der Waals surface area contributed by atoms with E-state index in [1.807, 2.05) is 0 Å². The third-order valence-electron chi connectivity index (χ3n) is 2.69. The molecule has 1 aromatic rings. The minimum absolute atomic E-state index is 0.00995. The van der Waals surface area contributed by atoms with Crippen LogP contribution >= 0.6 is 0 Å². The van der Waals surface area contributed by atoms with Gasteiger partial charge in [0.1, 0.15) is 11.8 Å². The standard InChI is InChI=1S/C13H15NO8/c14-8(5-6-1-3-7(15)4-2-6)12(20)22-13(21)10(17)9(16)11(18)19/h1-4,8-10,15-17H,5,14H2,(H,18,19)/t8-,9?,10?/m0/s1. The van der Waals surface area contributed by atoms with Gasteiger partial charge in [0.05, 0.1) is 0 Å². The summed E-state index contributed by atoms with van der Waals surface area (Å²) in [6, 6.07) is 4.53. The van der Waals surface area contributed by atoms with Crippen molar-refractivity contribution in [3.63, 3.8) is 0 Å². The van der Waals surface area contributed by atoms with Crippen LogP contribution in [-0.2, 0) is 25.5 Å². The predicted octanol–water partition coefficient (Wildman–Crippen LogP) is -1.86. The molecule has 0 radical (unpaired) electrons. The summed E-state index contributed by atoms with van der Waals surface area (Å²) in [5.74, 6) is -4.61. The maximum atomic E-state index is 11.6. The maximum absolute atomic E-state index is 11.6. The second-order valence-electron chi connectivity index (χ2n) is 4.45. The minimum Gasteiger partial charge on any atom is -0.508 e. The van der Waals surface area contributed by atoms with Crippen LogP contribution in [-0.4, -0.2) is 56.6 Å². The molecule has 0 aliphatic rings. The Bertz CT molecular complexity index is 556. The lowest BCUT2D eigenvalue weighted by Gasteiger charge is -2.14. The van der Waals surface area contributed by atoms with E-state index in [2.05, 4.69) is 4.74 Å². The van der Waals surface area contributed by atoms with Gasteiger partial charge in [-0.15, -0.1) is 0 Å². The van der Waals surface area contributed by atoms with Crippen LogP contribution in [0.1, 0.15) is 5.56 Å². The summed E-state index contributed by atoms with van der Waals surface area (Å²) in [5.41, 5.74) is 6.11. The Balaban J connectivity index is 2.58. The zero-order valence-corrected chi connectivity index (χ0v) is 11.2. The van der Waals surface area contributed by atoms with E-state index in [0.29, 0.717) is 5.56 Å². The van der Waals surface area contributed by atoms with Gasteiger partial charge in [0.2, 0.25) is 0 Å². The number of carbonyl (C=O) groups excluding carboxylic acids is 2. The van der Waals surface area contributed by atoms with Gasteiger partial charge in [-0.3, -0.25) is 0 Å². The van der Waals surface area contributed by atoms with Gasteiger partial charge in [0.15, 0.2) is 12.2 Å². The average molecular weight is 313 g/mol. The van der Waals surface area contributed by atoms with E-state index >= 15 is 0 Å². The minimum atomic E-state index is -2.41. The van der Waals surface area contributed by atoms with Crippen LogP contribution < -0.4 is 5.73 Å². The first-order valence-corrected chi connectivity index (χ1v) is 6.10. The fraction of sp³-hybridized carbons (Fsp3) is 0.308. The molecular weight excluding hydrogens is 298 g/mol. The molecule has 0 bridgehead atoms. The second-order valence-corrected chi connectivity index (χ2v) is 4.45. The second kappa shape index (κ2) is 7.50. The summed E-state index contributed by atoms with van der Waals surface area (Å²) in [6.45, 7) is 0. The number of ether oxygens (including phenoxy) is 1. The number of carboxylic acid groups (broad SMARTS) is 1. The molecule has 1 aromatic carbocycles. The number of nitrogens with two attached hydrogens (primary N) is 1. The Kier molecular flexibility index (Phi) is 5.99. The summed E-state index contributed by atoms with van der Waals surface area (Å²) < 4.78 is 4.22. The molecule has 1 rings (SSSR count). The molecular formula is C13H15NO8. The molecule has 0 spiro atoms. The molecule has 9 nitrogen and oxygen atoms in total. The molecule has 3 atom stereocenters. The molecule has 2 unspecified atom stereocenters. The SMILES string of the molecule is N[C@@H](Cc1ccc(O)cc1)C(=O)OC(=O)C(O)C(O)C(=O)O. The largest absolute Gasteiger partial charge is 0.508 e. The Labute approximate surface area is 124 Å². The summed E-state index contributed by atoms with van der Waals surface area (Å²) in [7, 11) is 0. The third kappa shape index (κ3) is 4.81. The predicted molar refractivity (Wildman–Crippen MR) is 70.5 cm³/mol. The number of hydrogen-bond acceptors (Lipinski definition) is 8. The lowest BCUT2D eigenvalue weighted by Crippen LogP contribution is -2.44. The van der Waals surface area contributed by atoms with Crippen LogP contribution in [0, 0.1) is 0 Å². The number of carboxylic acids is 1. The Morgan fingerprint density at radius 2 is 1.59 bits per heavy atom. The fourth-order valence-corrected chi connectivity index (χ4v) is 1.47. The molecule has 0 aliphatic carbocycles. The van der Waals surface area contributed by atoms with Crippen molar-refractivity contribution in [2.75, 3.05) is 0 Å². The topological polar surface area (TPSA) is 167 Å². The number of aromatic hydroxyl groups is 1. The molecule has 6 N–H and O–H groups in total. The molecule has 0 aromatic heterocycles. The normalized spacial score (nSPS) is 14.7. The highest BCUT2D eigenvalue weighted by atomic mass is 16.6. The summed E-state index contributed by atoms with van der Waals surface area (Å²) >= 11 is 0. The molecule has 120 valence electrons. The third-order valence-corrected chi connectivity index (χ3v) is 2.69. The van der Waals surface area contributed by atoms with Crippen molar-refractivity contribution in [1.82, 2.24) is 0 Å². The number of rotatable bonds is 6. The van der Waals surface area contributed by atoms with E-state index in [9.17, 15) is 19.5 Å². The van der Waals surface area contributed by atoms with Crippen LogP contribution in [0.15, 0.2) is 24.3 Å². The molecule has 0 heterocycles. The van der Waals surface area contributed by atoms with Crippen LogP contribution in [0.2, 0.25) is 0 Å². The van der Waals surface area contributed by atoms with Gasteiger partial charge in [0, 0.05) is 0 Å². The van der Waals surface area contributed by atoms with Gasteiger partial charge in [-0.25, -0.2) is 14.4 Å². The van der Waals surface area contributed by atoms with E-state index in [-0.39, 0.29) is 12.2 Å². The van der Waals surface area contributed by atoms with Crippen LogP contribution in [0.4, 0.5) is 0 Å². The van der Waals surface area contributed by atoms with Crippen LogP contribution in [0.5, 0.6) is 5.75 Å². The van der Waals surface area contributed by atoms with Crippen molar-refractivity contribution in [2.24, 2.45) is 5.73 Å². The fourth-order valence-electron chi connectivity index (χ4n) is 1.47. The first-order valence-electron chi connectivity index (χ1n) is 6.10. The van der Waals surface area contributed by atoms with Gasteiger partial charge < -0.3 is 30.9 Å². The highest BCUT2D eigenvalue weighted by molar-refractivity contribution is 5.93. The number of carbonyl (C=O) groups is 3. The van der Waals surface area contributed by atoms with Crippen molar-refractivity contribution < 1.29 is 39.5 Å². The Hall–Kier alpha value is -2.49. The lowest BCUT2D eigenvalue weighted by molar-refractivity contribution is -0.176. The van der Waals surface area contributed by atoms with Gasteiger partial charge in [-0.2, -0.15) is 0 Å². The first-order chi connectivity index (χ1) is 10.2. The van der Waals surface area contributed by atoms with E-state index in [0.717, 1.165) is 0 Å². The number of aliphatic carboxylic acids is 1. The summed E-state index contributed by atoms with van der Waals surface area (Å²) in [5, 5.41) is 35.7. The van der Waals surface area contributed by atoms with Crippen molar-refractivity contribution in [3.05, 3.63) is 29.8 Å². The smallest absolute Gasteiger partial charge is 0.346 e. The van der Waals surface area contributed by atoms with E-state index in [1.165, 1.54) is 24.3 Å². The number of aliphatic hydroxyl groups is 2. The molecule has 0 amide bonds. The first kappa shape index (κ1) is 17.6. The van der Waals surface area contributed by atoms with Crippen molar-refractivity contribution >= 4 is 17.9 Å². The molecule has 9 heteroatoms. The van der Waals surface area contributed by atoms with Crippen LogP contribution in [0.25, 0.3) is 0 Å². The van der Waals surface area contributed by atoms with E-state index < -0.39 is 36.2 Å². The van der Waals surface area contributed by atoms with Crippen molar-refractivity contribution in [2.45, 2.75) is 24.7 Å². The molecule has 22 heavy (non-hydrogen) atoms. The summed E-state index contributed by atoms with van der Waals surface area (Å²) in [6.07, 6.45) is -4.82. The number of hydrogen-bond donors (Lipinski definition) is 5. The van der Waals surface area contributed by atoms with E-state index in [4.69, 9.17) is 21.1 Å². The maximum Gasteiger partial charge on any atom is 0.346 e. The molecule has 0 aliphatic heterocycles. The van der Waals surface area contributed by atoms with Crippen molar-refractivity contribution in [1.29, 1.82) is 0 Å². The number of aliphatic hydroxyl groups excluding tert-OH is 2. The van der Waals surface area contributed by atoms with Gasteiger partial charge in [-0.05, 0) is 24.1 Å². The zero-order chi connectivity index (χ0) is 16.9. The van der Waals surface area contributed by atoms with Crippen LogP contribution in [0.3, 0.4) is 0 Å². The zero-order valence-electron chi connectivity index (χ0n) is 11.2. The number of benzene rings is 1. The molecule has 0 saturated heterocycles. The highest BCUT2D eigenvalue weighted by Crippen LogP contribution is 2.11. The van der Waals surface area contributed by atoms with E-state index in [1.54, 1.807) is 0 Å².